The number of nitrogens with zero attached hydrogens (tertiary/aromatic N) is 4. The second-order valence-corrected chi connectivity index (χ2v) is 10.3. The highest BCUT2D eigenvalue weighted by Crippen LogP contribution is 2.32. The fraction of sp³-hybridized carbons (Fsp3) is 0.207. The van der Waals surface area contributed by atoms with Gasteiger partial charge in [0.1, 0.15) is 17.3 Å². The Hall–Kier alpha value is -4.29. The van der Waals surface area contributed by atoms with Crippen LogP contribution in [0.1, 0.15) is 20.7 Å². The van der Waals surface area contributed by atoms with Gasteiger partial charge in [0.15, 0.2) is 0 Å². The molecule has 4 aromatic rings. The Morgan fingerprint density at radius 2 is 1.69 bits per heavy atom. The van der Waals surface area contributed by atoms with Crippen LogP contribution in [0, 0.1) is 0 Å². The normalized spacial score (nSPS) is 13.5. The van der Waals surface area contributed by atoms with Crippen molar-refractivity contribution in [2.45, 2.75) is 6.54 Å². The van der Waals surface area contributed by atoms with Crippen LogP contribution in [0.4, 0.5) is 11.5 Å². The average Bonchev–Trinajstić information content (AvgIpc) is 2.99. The largest absolute Gasteiger partial charge is 0.506 e. The maximum atomic E-state index is 13.1. The molecule has 2 aromatic carbocycles. The van der Waals surface area contributed by atoms with Gasteiger partial charge < -0.3 is 25.0 Å². The second-order valence-electron chi connectivity index (χ2n) is 9.42. The highest BCUT2D eigenvalue weighted by Gasteiger charge is 2.20. The smallest absolute Gasteiger partial charge is 0.277 e. The maximum Gasteiger partial charge on any atom is 0.277 e. The molecule has 0 atom stereocenters. The van der Waals surface area contributed by atoms with Crippen molar-refractivity contribution in [3.05, 3.63) is 98.6 Å². The van der Waals surface area contributed by atoms with E-state index in [2.05, 4.69) is 25.5 Å². The lowest BCUT2D eigenvalue weighted by atomic mass is 10.1. The van der Waals surface area contributed by atoms with Crippen LogP contribution in [-0.4, -0.2) is 69.2 Å². The number of ether oxygens (including phenoxy) is 1. The van der Waals surface area contributed by atoms with E-state index in [-0.39, 0.29) is 38.9 Å². The van der Waals surface area contributed by atoms with E-state index in [1.165, 1.54) is 36.5 Å². The maximum absolute atomic E-state index is 13.1. The zero-order chi connectivity index (χ0) is 29.6. The molecular formula is C29H26Cl2N6O5. The Kier molecular flexibility index (Phi) is 9.13. The van der Waals surface area contributed by atoms with E-state index in [1.807, 2.05) is 0 Å². The Bertz CT molecular complexity index is 1660. The molecule has 2 amide bonds. The summed E-state index contributed by atoms with van der Waals surface area (Å²) in [4.78, 5) is 49.7. The third-order valence-electron chi connectivity index (χ3n) is 6.63. The fourth-order valence-corrected chi connectivity index (χ4v) is 4.72. The van der Waals surface area contributed by atoms with Crippen LogP contribution in [0.3, 0.4) is 0 Å². The first-order chi connectivity index (χ1) is 20.3. The summed E-state index contributed by atoms with van der Waals surface area (Å²) in [5.41, 5.74) is 0.585. The molecule has 3 N–H and O–H groups in total. The van der Waals surface area contributed by atoms with Gasteiger partial charge >= 0.3 is 0 Å². The molecule has 0 spiro atoms. The molecule has 1 fully saturated rings. The standard InChI is InChI=1S/C29H26Cl2N6O5/c30-20-5-6-24(33-17-20)34-28(40)22-15-21(31)16-23(38)26(22)35-27(39)19-3-1-18(2-4-19)25-29(41)37(8-7-32-25)10-9-36-11-13-42-14-12-36/h1-8,15-17,38H,9-14H2,(H,35,39)(H,33,34,40). The fourth-order valence-electron chi connectivity index (χ4n) is 4.40. The number of benzene rings is 2. The zero-order valence-corrected chi connectivity index (χ0v) is 23.7. The van der Waals surface area contributed by atoms with Gasteiger partial charge in [-0.1, -0.05) is 35.3 Å². The monoisotopic (exact) mass is 608 g/mol. The summed E-state index contributed by atoms with van der Waals surface area (Å²) in [5, 5.41) is 16.2. The number of phenols is 1. The molecule has 1 saturated heterocycles. The Labute approximate surface area is 250 Å². The van der Waals surface area contributed by atoms with Gasteiger partial charge in [-0.2, -0.15) is 0 Å². The van der Waals surface area contributed by atoms with Crippen LogP contribution in [0.25, 0.3) is 11.3 Å². The minimum absolute atomic E-state index is 0.0761. The third-order valence-corrected chi connectivity index (χ3v) is 7.07. The zero-order valence-electron chi connectivity index (χ0n) is 22.2. The molecule has 0 unspecified atom stereocenters. The topological polar surface area (TPSA) is 139 Å². The van der Waals surface area contributed by atoms with Crippen molar-refractivity contribution in [2.24, 2.45) is 0 Å². The number of nitrogens with one attached hydrogen (secondary N) is 2. The number of carbonyl (C=O) groups excluding carboxylic acids is 2. The highest BCUT2D eigenvalue weighted by atomic mass is 35.5. The number of amides is 2. The number of hydrogen-bond donors (Lipinski definition) is 3. The van der Waals surface area contributed by atoms with Gasteiger partial charge in [0.05, 0.1) is 29.5 Å². The number of hydrogen-bond acceptors (Lipinski definition) is 8. The van der Waals surface area contributed by atoms with Gasteiger partial charge in [0.2, 0.25) is 0 Å². The summed E-state index contributed by atoms with van der Waals surface area (Å²) in [5.74, 6) is -1.44. The van der Waals surface area contributed by atoms with Gasteiger partial charge in [-0.3, -0.25) is 19.3 Å². The molecule has 5 rings (SSSR count). The Morgan fingerprint density at radius 1 is 0.929 bits per heavy atom. The number of halogens is 2. The van der Waals surface area contributed by atoms with Crippen LogP contribution in [0.5, 0.6) is 5.75 Å². The second kappa shape index (κ2) is 13.1. The quantitative estimate of drug-likeness (QED) is 0.253. The number of anilines is 2. The summed E-state index contributed by atoms with van der Waals surface area (Å²) in [6.45, 7) is 4.27. The van der Waals surface area contributed by atoms with E-state index in [1.54, 1.807) is 35.2 Å². The first kappa shape index (κ1) is 29.2. The molecule has 2 aromatic heterocycles. The van der Waals surface area contributed by atoms with E-state index in [0.717, 1.165) is 19.6 Å². The van der Waals surface area contributed by atoms with Gasteiger partial charge in [-0.05, 0) is 30.3 Å². The van der Waals surface area contributed by atoms with E-state index < -0.39 is 17.6 Å². The summed E-state index contributed by atoms with van der Waals surface area (Å²) in [6.07, 6.45) is 4.60. The molecule has 0 radical (unpaired) electrons. The van der Waals surface area contributed by atoms with Crippen molar-refractivity contribution < 1.29 is 19.4 Å². The van der Waals surface area contributed by atoms with Crippen molar-refractivity contribution >= 4 is 46.5 Å². The lowest BCUT2D eigenvalue weighted by Gasteiger charge is -2.26. The van der Waals surface area contributed by atoms with E-state index >= 15 is 0 Å². The molecule has 0 bridgehead atoms. The van der Waals surface area contributed by atoms with Crippen LogP contribution < -0.4 is 16.2 Å². The molecule has 0 aliphatic carbocycles. The van der Waals surface area contributed by atoms with Crippen molar-refractivity contribution in [1.82, 2.24) is 19.4 Å². The number of morpholine rings is 1. The molecule has 3 heterocycles. The molecule has 13 heteroatoms. The third kappa shape index (κ3) is 6.94. The number of carbonyl (C=O) groups is 2. The summed E-state index contributed by atoms with van der Waals surface area (Å²) < 4.78 is 6.99. The molecular weight excluding hydrogens is 583 g/mol. The molecule has 1 aliphatic heterocycles. The number of pyridine rings is 1. The molecule has 1 aliphatic rings. The summed E-state index contributed by atoms with van der Waals surface area (Å²) in [6, 6.07) is 11.9. The minimum Gasteiger partial charge on any atom is -0.506 e. The molecule has 216 valence electrons. The van der Waals surface area contributed by atoms with Crippen molar-refractivity contribution in [3.8, 4) is 17.0 Å². The van der Waals surface area contributed by atoms with Gasteiger partial charge in [0, 0.05) is 67.0 Å². The van der Waals surface area contributed by atoms with Crippen LogP contribution in [-0.2, 0) is 11.3 Å². The summed E-state index contributed by atoms with van der Waals surface area (Å²) >= 11 is 11.9. The first-order valence-electron chi connectivity index (χ1n) is 13.0. The number of rotatable bonds is 8. The first-order valence-corrected chi connectivity index (χ1v) is 13.8. The summed E-state index contributed by atoms with van der Waals surface area (Å²) in [7, 11) is 0. The Balaban J connectivity index is 1.31. The molecule has 0 saturated carbocycles. The average molecular weight is 609 g/mol. The number of aromatic nitrogens is 3. The van der Waals surface area contributed by atoms with E-state index in [0.29, 0.717) is 30.3 Å². The molecule has 42 heavy (non-hydrogen) atoms. The van der Waals surface area contributed by atoms with Crippen molar-refractivity contribution in [2.75, 3.05) is 43.5 Å². The van der Waals surface area contributed by atoms with Crippen molar-refractivity contribution in [1.29, 1.82) is 0 Å². The van der Waals surface area contributed by atoms with Crippen molar-refractivity contribution in [3.63, 3.8) is 0 Å². The van der Waals surface area contributed by atoms with Gasteiger partial charge in [-0.15, -0.1) is 0 Å². The van der Waals surface area contributed by atoms with Gasteiger partial charge in [0.25, 0.3) is 17.4 Å². The van der Waals surface area contributed by atoms with E-state index in [9.17, 15) is 19.5 Å². The lowest BCUT2D eigenvalue weighted by Crippen LogP contribution is -2.39. The number of phenolic OH excluding ortho intramolecular Hbond substituents is 1. The lowest BCUT2D eigenvalue weighted by molar-refractivity contribution is 0.0363. The van der Waals surface area contributed by atoms with E-state index in [4.69, 9.17) is 27.9 Å². The predicted molar refractivity (Wildman–Crippen MR) is 159 cm³/mol. The Morgan fingerprint density at radius 3 is 2.40 bits per heavy atom. The minimum atomic E-state index is -0.659. The molecule has 11 nitrogen and oxygen atoms in total. The number of aromatic hydroxyl groups is 1. The predicted octanol–water partition coefficient (Wildman–Crippen LogP) is 4.15. The SMILES string of the molecule is O=C(Nc1c(O)cc(Cl)cc1C(=O)Nc1ccc(Cl)cn1)c1ccc(-c2nccn(CCN3CCOCC3)c2=O)cc1. The van der Waals surface area contributed by atoms with Gasteiger partial charge in [-0.25, -0.2) is 9.97 Å². The van der Waals surface area contributed by atoms with Crippen LogP contribution in [0.15, 0.2) is 71.9 Å². The highest BCUT2D eigenvalue weighted by molar-refractivity contribution is 6.32. The van der Waals surface area contributed by atoms with Crippen LogP contribution >= 0.6 is 23.2 Å². The van der Waals surface area contributed by atoms with Crippen LogP contribution in [0.2, 0.25) is 10.0 Å².